The molecular weight excluding hydrogens is 434 g/mol. The lowest BCUT2D eigenvalue weighted by Crippen LogP contribution is -2.27. The van der Waals surface area contributed by atoms with Gasteiger partial charge in [-0.3, -0.25) is 4.79 Å². The first-order chi connectivity index (χ1) is 14.9. The van der Waals surface area contributed by atoms with E-state index in [0.29, 0.717) is 36.7 Å². The first-order valence-electron chi connectivity index (χ1n) is 9.97. The van der Waals surface area contributed by atoms with Crippen LogP contribution >= 0.6 is 11.3 Å². The molecule has 0 radical (unpaired) electrons. The minimum atomic E-state index is -3.47. The van der Waals surface area contributed by atoms with Gasteiger partial charge in [-0.25, -0.2) is 13.4 Å². The standard InChI is InChI=1S/C22H23N3O4S2/c1-16-23-19(15-30-16)14-29-20-6-4-5-17(13-20)22(26)24-18-7-9-21(10-8-18)31(27,28)25-11-2-3-12-25/h4-10,13,15H,2-3,11-12,14H2,1H3,(H,24,26). The smallest absolute Gasteiger partial charge is 0.255 e. The van der Waals surface area contributed by atoms with Gasteiger partial charge < -0.3 is 10.1 Å². The normalized spacial score (nSPS) is 14.5. The molecule has 4 rings (SSSR count). The van der Waals surface area contributed by atoms with Gasteiger partial charge in [-0.05, 0) is 62.2 Å². The number of aromatic nitrogens is 1. The summed E-state index contributed by atoms with van der Waals surface area (Å²) in [7, 11) is -3.47. The Bertz CT molecular complexity index is 1170. The zero-order valence-corrected chi connectivity index (χ0v) is 18.7. The first-order valence-corrected chi connectivity index (χ1v) is 12.3. The van der Waals surface area contributed by atoms with Crippen molar-refractivity contribution >= 4 is 33.0 Å². The van der Waals surface area contributed by atoms with E-state index in [9.17, 15) is 13.2 Å². The minimum Gasteiger partial charge on any atom is -0.487 e. The minimum absolute atomic E-state index is 0.236. The summed E-state index contributed by atoms with van der Waals surface area (Å²) in [6.07, 6.45) is 1.78. The third-order valence-electron chi connectivity index (χ3n) is 4.96. The fourth-order valence-electron chi connectivity index (χ4n) is 3.35. The van der Waals surface area contributed by atoms with Gasteiger partial charge in [-0.2, -0.15) is 4.31 Å². The van der Waals surface area contributed by atoms with E-state index in [2.05, 4.69) is 10.3 Å². The van der Waals surface area contributed by atoms with Crippen molar-refractivity contribution in [1.29, 1.82) is 0 Å². The number of nitrogens with zero attached hydrogens (tertiary/aromatic N) is 2. The molecule has 1 aromatic heterocycles. The third-order valence-corrected chi connectivity index (χ3v) is 7.70. The number of thiazole rings is 1. The molecule has 1 fully saturated rings. The number of sulfonamides is 1. The Morgan fingerprint density at radius 3 is 2.58 bits per heavy atom. The SMILES string of the molecule is Cc1nc(COc2cccc(C(=O)Nc3ccc(S(=O)(=O)N4CCCC4)cc3)c2)cs1. The Kier molecular flexibility index (Phi) is 6.35. The van der Waals surface area contributed by atoms with Crippen LogP contribution < -0.4 is 10.1 Å². The van der Waals surface area contributed by atoms with Crippen LogP contribution in [0, 0.1) is 6.92 Å². The van der Waals surface area contributed by atoms with Gasteiger partial charge in [0.2, 0.25) is 10.0 Å². The summed E-state index contributed by atoms with van der Waals surface area (Å²) in [6, 6.07) is 13.2. The lowest BCUT2D eigenvalue weighted by molar-refractivity contribution is 0.102. The molecular formula is C22H23N3O4S2. The molecule has 1 aliphatic heterocycles. The van der Waals surface area contributed by atoms with Gasteiger partial charge in [-0.15, -0.1) is 11.3 Å². The molecule has 2 heterocycles. The number of carbonyl (C=O) groups excluding carboxylic acids is 1. The topological polar surface area (TPSA) is 88.6 Å². The Morgan fingerprint density at radius 1 is 1.16 bits per heavy atom. The Hall–Kier alpha value is -2.75. The first kappa shape index (κ1) is 21.5. The van der Waals surface area contributed by atoms with E-state index in [-0.39, 0.29) is 10.8 Å². The van der Waals surface area contributed by atoms with E-state index in [1.54, 1.807) is 47.7 Å². The van der Waals surface area contributed by atoms with Crippen LogP contribution in [-0.2, 0) is 16.6 Å². The molecule has 1 N–H and O–H groups in total. The number of nitrogens with one attached hydrogen (secondary N) is 1. The Morgan fingerprint density at radius 2 is 1.90 bits per heavy atom. The number of rotatable bonds is 7. The van der Waals surface area contributed by atoms with Crippen molar-refractivity contribution in [3.63, 3.8) is 0 Å². The highest BCUT2D eigenvalue weighted by molar-refractivity contribution is 7.89. The fourth-order valence-corrected chi connectivity index (χ4v) is 5.46. The van der Waals surface area contributed by atoms with E-state index < -0.39 is 10.0 Å². The van der Waals surface area contributed by atoms with E-state index in [1.807, 2.05) is 12.3 Å². The largest absolute Gasteiger partial charge is 0.487 e. The maximum atomic E-state index is 12.6. The highest BCUT2D eigenvalue weighted by atomic mass is 32.2. The van der Waals surface area contributed by atoms with Crippen LogP contribution in [0.5, 0.6) is 5.75 Å². The molecule has 7 nitrogen and oxygen atoms in total. The fraction of sp³-hybridized carbons (Fsp3) is 0.273. The molecule has 0 atom stereocenters. The molecule has 9 heteroatoms. The number of anilines is 1. The summed E-state index contributed by atoms with van der Waals surface area (Å²) < 4.78 is 32.5. The van der Waals surface area contributed by atoms with Crippen LogP contribution in [0.15, 0.2) is 58.8 Å². The number of ether oxygens (including phenoxy) is 1. The van der Waals surface area contributed by atoms with Gasteiger partial charge in [0.05, 0.1) is 15.6 Å². The Balaban J connectivity index is 1.40. The molecule has 3 aromatic rings. The summed E-state index contributed by atoms with van der Waals surface area (Å²) in [5.41, 5.74) is 1.82. The highest BCUT2D eigenvalue weighted by Gasteiger charge is 2.26. The number of aryl methyl sites for hydroxylation is 1. The van der Waals surface area contributed by atoms with Crippen LogP contribution in [-0.4, -0.2) is 36.7 Å². The maximum Gasteiger partial charge on any atom is 0.255 e. The zero-order chi connectivity index (χ0) is 21.8. The molecule has 2 aromatic carbocycles. The van der Waals surface area contributed by atoms with Crippen molar-refractivity contribution in [2.24, 2.45) is 0 Å². The predicted molar refractivity (Wildman–Crippen MR) is 120 cm³/mol. The number of amides is 1. The average molecular weight is 458 g/mol. The lowest BCUT2D eigenvalue weighted by Gasteiger charge is -2.15. The summed E-state index contributed by atoms with van der Waals surface area (Å²) in [5.74, 6) is 0.274. The molecule has 1 amide bonds. The molecule has 1 saturated heterocycles. The number of hydrogen-bond acceptors (Lipinski definition) is 6. The van der Waals surface area contributed by atoms with Crippen molar-refractivity contribution in [3.8, 4) is 5.75 Å². The quantitative estimate of drug-likeness (QED) is 0.578. The van der Waals surface area contributed by atoms with Gasteiger partial charge in [-0.1, -0.05) is 6.07 Å². The van der Waals surface area contributed by atoms with Crippen LogP contribution in [0.4, 0.5) is 5.69 Å². The van der Waals surface area contributed by atoms with Crippen LogP contribution in [0.25, 0.3) is 0 Å². The van der Waals surface area contributed by atoms with E-state index in [4.69, 9.17) is 4.74 Å². The molecule has 31 heavy (non-hydrogen) atoms. The predicted octanol–water partition coefficient (Wildman–Crippen LogP) is 4.07. The molecule has 0 aliphatic carbocycles. The molecule has 0 bridgehead atoms. The van der Waals surface area contributed by atoms with Crippen molar-refractivity contribution in [3.05, 3.63) is 70.2 Å². The second-order valence-electron chi connectivity index (χ2n) is 7.26. The number of hydrogen-bond donors (Lipinski definition) is 1. The van der Waals surface area contributed by atoms with Gasteiger partial charge in [0.15, 0.2) is 0 Å². The molecule has 0 unspecified atom stereocenters. The van der Waals surface area contributed by atoms with Crippen LogP contribution in [0.1, 0.15) is 33.9 Å². The summed E-state index contributed by atoms with van der Waals surface area (Å²) in [6.45, 7) is 3.39. The summed E-state index contributed by atoms with van der Waals surface area (Å²) in [5, 5.41) is 5.72. The lowest BCUT2D eigenvalue weighted by atomic mass is 10.2. The van der Waals surface area contributed by atoms with Crippen LogP contribution in [0.2, 0.25) is 0 Å². The molecule has 162 valence electrons. The van der Waals surface area contributed by atoms with Crippen molar-refractivity contribution in [2.45, 2.75) is 31.3 Å². The van der Waals surface area contributed by atoms with Crippen molar-refractivity contribution < 1.29 is 17.9 Å². The Labute approximate surface area is 185 Å². The van der Waals surface area contributed by atoms with Gasteiger partial charge in [0, 0.05) is 29.7 Å². The number of carbonyl (C=O) groups is 1. The average Bonchev–Trinajstić information content (AvgIpc) is 3.45. The van der Waals surface area contributed by atoms with Gasteiger partial charge >= 0.3 is 0 Å². The van der Waals surface area contributed by atoms with E-state index in [1.165, 1.54) is 16.4 Å². The van der Waals surface area contributed by atoms with E-state index >= 15 is 0 Å². The van der Waals surface area contributed by atoms with Crippen molar-refractivity contribution in [1.82, 2.24) is 9.29 Å². The summed E-state index contributed by atoms with van der Waals surface area (Å²) >= 11 is 1.56. The molecule has 0 saturated carbocycles. The van der Waals surface area contributed by atoms with E-state index in [0.717, 1.165) is 23.5 Å². The van der Waals surface area contributed by atoms with Crippen molar-refractivity contribution in [2.75, 3.05) is 18.4 Å². The number of benzene rings is 2. The third kappa shape index (κ3) is 5.12. The maximum absolute atomic E-state index is 12.6. The monoisotopic (exact) mass is 457 g/mol. The zero-order valence-electron chi connectivity index (χ0n) is 17.1. The molecule has 0 spiro atoms. The van der Waals surface area contributed by atoms with Gasteiger partial charge in [0.25, 0.3) is 5.91 Å². The second kappa shape index (κ2) is 9.17. The molecule has 1 aliphatic rings. The second-order valence-corrected chi connectivity index (χ2v) is 10.3. The van der Waals surface area contributed by atoms with Gasteiger partial charge in [0.1, 0.15) is 12.4 Å². The highest BCUT2D eigenvalue weighted by Crippen LogP contribution is 2.23. The summed E-state index contributed by atoms with van der Waals surface area (Å²) in [4.78, 5) is 17.2. The van der Waals surface area contributed by atoms with Crippen LogP contribution in [0.3, 0.4) is 0 Å².